The van der Waals surface area contributed by atoms with Gasteiger partial charge in [0.2, 0.25) is 5.91 Å². The van der Waals surface area contributed by atoms with E-state index in [1.165, 1.54) is 17.1 Å². The van der Waals surface area contributed by atoms with E-state index in [0.29, 0.717) is 11.4 Å². The van der Waals surface area contributed by atoms with E-state index >= 15 is 0 Å². The van der Waals surface area contributed by atoms with Crippen molar-refractivity contribution in [3.8, 4) is 0 Å². The number of sulfonamides is 1. The number of hydrogen-bond donors (Lipinski definition) is 1. The highest BCUT2D eigenvalue weighted by Gasteiger charge is 2.27. The Hall–Kier alpha value is -3.32. The Bertz CT molecular complexity index is 1220. The van der Waals surface area contributed by atoms with Crippen LogP contribution in [0.2, 0.25) is 0 Å². The molecular weight excluding hydrogens is 434 g/mol. The minimum Gasteiger partial charge on any atom is -0.372 e. The summed E-state index contributed by atoms with van der Waals surface area (Å²) in [6.07, 6.45) is 2.39. The molecule has 1 aliphatic rings. The van der Waals surface area contributed by atoms with E-state index in [9.17, 15) is 13.2 Å². The van der Waals surface area contributed by atoms with Gasteiger partial charge >= 0.3 is 0 Å². The summed E-state index contributed by atoms with van der Waals surface area (Å²) in [4.78, 5) is 15.4. The molecule has 1 saturated heterocycles. The summed E-state index contributed by atoms with van der Waals surface area (Å²) in [6, 6.07) is 21.3. The number of carbonyl (C=O) groups is 1. The molecule has 0 aromatic heterocycles. The Morgan fingerprint density at radius 3 is 2.21 bits per heavy atom. The number of carbonyl (C=O) groups excluding carboxylic acids is 1. The maximum atomic E-state index is 13.4. The van der Waals surface area contributed by atoms with Gasteiger partial charge in [-0.15, -0.1) is 0 Å². The molecular formula is C26H29N3O3S. The third-order valence-electron chi connectivity index (χ3n) is 6.02. The van der Waals surface area contributed by atoms with Crippen LogP contribution in [0, 0.1) is 13.8 Å². The summed E-state index contributed by atoms with van der Waals surface area (Å²) < 4.78 is 28.1. The summed E-state index contributed by atoms with van der Waals surface area (Å²) >= 11 is 0. The van der Waals surface area contributed by atoms with E-state index in [4.69, 9.17) is 0 Å². The molecule has 1 fully saturated rings. The van der Waals surface area contributed by atoms with Gasteiger partial charge in [0.25, 0.3) is 10.0 Å². The van der Waals surface area contributed by atoms with E-state index < -0.39 is 15.9 Å². The fraction of sp³-hybridized carbons (Fsp3) is 0.269. The maximum absolute atomic E-state index is 13.4. The molecule has 0 atom stereocenters. The monoisotopic (exact) mass is 463 g/mol. The van der Waals surface area contributed by atoms with E-state index in [0.717, 1.165) is 29.9 Å². The number of nitrogens with one attached hydrogen (secondary N) is 1. The van der Waals surface area contributed by atoms with Gasteiger partial charge in [-0.25, -0.2) is 8.42 Å². The summed E-state index contributed by atoms with van der Waals surface area (Å²) in [5.41, 5.74) is 4.24. The Morgan fingerprint density at radius 2 is 1.58 bits per heavy atom. The Morgan fingerprint density at radius 1 is 0.909 bits per heavy atom. The second kappa shape index (κ2) is 9.67. The number of benzene rings is 3. The number of amides is 1. The highest BCUT2D eigenvalue weighted by atomic mass is 32.2. The van der Waals surface area contributed by atoms with Gasteiger partial charge in [0.15, 0.2) is 0 Å². The van der Waals surface area contributed by atoms with Crippen molar-refractivity contribution in [2.75, 3.05) is 34.2 Å². The molecule has 172 valence electrons. The van der Waals surface area contributed by atoms with Crippen molar-refractivity contribution in [2.45, 2.75) is 31.6 Å². The molecule has 6 nitrogen and oxygen atoms in total. The zero-order valence-electron chi connectivity index (χ0n) is 19.0. The highest BCUT2D eigenvalue weighted by molar-refractivity contribution is 7.92. The van der Waals surface area contributed by atoms with Crippen LogP contribution >= 0.6 is 0 Å². The number of nitrogens with zero attached hydrogens (tertiary/aromatic N) is 2. The molecule has 0 spiro atoms. The van der Waals surface area contributed by atoms with Crippen molar-refractivity contribution in [1.29, 1.82) is 0 Å². The van der Waals surface area contributed by atoms with E-state index in [-0.39, 0.29) is 11.4 Å². The predicted octanol–water partition coefficient (Wildman–Crippen LogP) is 4.74. The zero-order valence-corrected chi connectivity index (χ0v) is 19.8. The van der Waals surface area contributed by atoms with Crippen molar-refractivity contribution in [3.05, 3.63) is 83.9 Å². The topological polar surface area (TPSA) is 69.7 Å². The van der Waals surface area contributed by atoms with Crippen molar-refractivity contribution in [3.63, 3.8) is 0 Å². The van der Waals surface area contributed by atoms with Crippen LogP contribution in [-0.2, 0) is 14.8 Å². The van der Waals surface area contributed by atoms with Gasteiger partial charge in [0.1, 0.15) is 6.54 Å². The third-order valence-corrected chi connectivity index (χ3v) is 7.81. The fourth-order valence-corrected chi connectivity index (χ4v) is 5.41. The first-order chi connectivity index (χ1) is 15.8. The molecule has 7 heteroatoms. The van der Waals surface area contributed by atoms with Crippen LogP contribution in [-0.4, -0.2) is 34.0 Å². The lowest BCUT2D eigenvalue weighted by molar-refractivity contribution is -0.114. The first-order valence-electron chi connectivity index (χ1n) is 11.1. The normalized spacial score (nSPS) is 13.7. The van der Waals surface area contributed by atoms with Crippen LogP contribution < -0.4 is 14.5 Å². The molecule has 4 rings (SSSR count). The molecule has 1 aliphatic heterocycles. The molecule has 33 heavy (non-hydrogen) atoms. The van der Waals surface area contributed by atoms with Gasteiger partial charge in [-0.3, -0.25) is 9.10 Å². The van der Waals surface area contributed by atoms with Crippen molar-refractivity contribution in [2.24, 2.45) is 0 Å². The molecule has 1 amide bonds. The first-order valence-corrected chi connectivity index (χ1v) is 12.6. The minimum atomic E-state index is -3.92. The second-order valence-corrected chi connectivity index (χ2v) is 10.2. The SMILES string of the molecule is Cc1ccc(N(CC(=O)Nc2ccc(N3CCCC3)cc2)S(=O)(=O)c2ccccc2)cc1C. The number of anilines is 3. The van der Waals surface area contributed by atoms with Gasteiger partial charge in [-0.05, 0) is 86.3 Å². The number of hydrogen-bond acceptors (Lipinski definition) is 4. The number of rotatable bonds is 7. The van der Waals surface area contributed by atoms with Crippen LogP contribution in [0.15, 0.2) is 77.7 Å². The van der Waals surface area contributed by atoms with Gasteiger partial charge in [-0.2, -0.15) is 0 Å². The summed E-state index contributed by atoms with van der Waals surface area (Å²) in [5, 5.41) is 2.85. The largest absolute Gasteiger partial charge is 0.372 e. The summed E-state index contributed by atoms with van der Waals surface area (Å²) in [6.45, 7) is 5.66. The zero-order chi connectivity index (χ0) is 23.4. The molecule has 0 bridgehead atoms. The van der Waals surface area contributed by atoms with Crippen LogP contribution in [0.25, 0.3) is 0 Å². The lowest BCUT2D eigenvalue weighted by atomic mass is 10.1. The van der Waals surface area contributed by atoms with Crippen molar-refractivity contribution >= 4 is 33.0 Å². The molecule has 1 heterocycles. The minimum absolute atomic E-state index is 0.144. The lowest BCUT2D eigenvalue weighted by Crippen LogP contribution is -2.38. The Balaban J connectivity index is 1.57. The third kappa shape index (κ3) is 5.20. The molecule has 3 aromatic rings. The molecule has 1 N–H and O–H groups in total. The molecule has 0 unspecified atom stereocenters. The van der Waals surface area contributed by atoms with Crippen LogP contribution in [0.3, 0.4) is 0 Å². The molecule has 0 radical (unpaired) electrons. The standard InChI is InChI=1S/C26H29N3O3S/c1-20-10-13-24(18-21(20)2)29(33(31,32)25-8-4-3-5-9-25)19-26(30)27-22-11-14-23(15-12-22)28-16-6-7-17-28/h3-5,8-15,18H,6-7,16-17,19H2,1-2H3,(H,27,30). The second-order valence-electron chi connectivity index (χ2n) is 8.38. The lowest BCUT2D eigenvalue weighted by Gasteiger charge is -2.25. The van der Waals surface area contributed by atoms with E-state index in [1.807, 2.05) is 44.2 Å². The quantitative estimate of drug-likeness (QED) is 0.550. The average molecular weight is 464 g/mol. The van der Waals surface area contributed by atoms with Gasteiger partial charge in [-0.1, -0.05) is 24.3 Å². The predicted molar refractivity (Wildman–Crippen MR) is 133 cm³/mol. The molecule has 3 aromatic carbocycles. The van der Waals surface area contributed by atoms with Crippen LogP contribution in [0.1, 0.15) is 24.0 Å². The van der Waals surface area contributed by atoms with Crippen molar-refractivity contribution in [1.82, 2.24) is 0 Å². The van der Waals surface area contributed by atoms with Crippen molar-refractivity contribution < 1.29 is 13.2 Å². The van der Waals surface area contributed by atoms with Gasteiger partial charge < -0.3 is 10.2 Å². The Labute approximate surface area is 195 Å². The Kier molecular flexibility index (Phi) is 6.70. The first kappa shape index (κ1) is 22.9. The fourth-order valence-electron chi connectivity index (χ4n) is 3.98. The van der Waals surface area contributed by atoms with Crippen LogP contribution in [0.5, 0.6) is 0 Å². The van der Waals surface area contributed by atoms with E-state index in [1.54, 1.807) is 42.5 Å². The molecule has 0 aliphatic carbocycles. The summed E-state index contributed by atoms with van der Waals surface area (Å²) in [7, 11) is -3.92. The smallest absolute Gasteiger partial charge is 0.264 e. The van der Waals surface area contributed by atoms with Gasteiger partial charge in [0.05, 0.1) is 10.6 Å². The summed E-state index contributed by atoms with van der Waals surface area (Å²) in [5.74, 6) is -0.401. The highest BCUT2D eigenvalue weighted by Crippen LogP contribution is 2.26. The maximum Gasteiger partial charge on any atom is 0.264 e. The molecule has 0 saturated carbocycles. The number of aryl methyl sites for hydroxylation is 2. The average Bonchev–Trinajstić information content (AvgIpc) is 3.35. The van der Waals surface area contributed by atoms with E-state index in [2.05, 4.69) is 10.2 Å². The van der Waals surface area contributed by atoms with Gasteiger partial charge in [0, 0.05) is 24.5 Å². The van der Waals surface area contributed by atoms with Crippen LogP contribution in [0.4, 0.5) is 17.1 Å².